The molecule has 100 heavy (non-hydrogen) atoms. The Kier molecular flexibility index (Phi) is 24.4. The average Bonchev–Trinajstić information content (AvgIpc) is 1.05. The molecule has 3 fully saturated rings. The minimum absolute atomic E-state index is 0. The number of carboxylic acids is 5. The van der Waals surface area contributed by atoms with E-state index in [4.69, 9.17) is 32.0 Å². The first-order chi connectivity index (χ1) is 47.1. The summed E-state index contributed by atoms with van der Waals surface area (Å²) in [5.41, 5.74) is 16.5. The highest BCUT2D eigenvalue weighted by molar-refractivity contribution is 8.01. The summed E-state index contributed by atoms with van der Waals surface area (Å²) in [5.74, 6) is -10.6. The Balaban J connectivity index is 0.000000191. The molecular formula is C52H50ClN19O21S7. The molecule has 0 radical (unpaired) electrons. The minimum Gasteiger partial charge on any atom is -0.504 e. The number of rotatable bonds is 24. The van der Waals surface area contributed by atoms with Gasteiger partial charge in [0.1, 0.15) is 75.5 Å². The van der Waals surface area contributed by atoms with Gasteiger partial charge in [-0.05, 0) is 39.8 Å². The second kappa shape index (κ2) is 32.4. The molecule has 6 aliphatic rings. The van der Waals surface area contributed by atoms with E-state index in [0.717, 1.165) is 55.9 Å². The molecule has 1 unspecified atom stereocenters. The molecule has 6 amide bonds. The highest BCUT2D eigenvalue weighted by Crippen LogP contribution is 2.43. The van der Waals surface area contributed by atoms with Crippen LogP contribution in [0.4, 0.5) is 15.4 Å². The molecule has 0 saturated carbocycles. The average molecular weight is 1540 g/mol. The van der Waals surface area contributed by atoms with Gasteiger partial charge in [-0.15, -0.1) is 86.8 Å². The van der Waals surface area contributed by atoms with Crippen LogP contribution in [-0.4, -0.2) is 239 Å². The van der Waals surface area contributed by atoms with Gasteiger partial charge in [-0.1, -0.05) is 46.0 Å². The summed E-state index contributed by atoms with van der Waals surface area (Å²) in [5, 5.41) is 98.9. The fourth-order valence-electron chi connectivity index (χ4n) is 9.36. The molecule has 5 aromatic rings. The van der Waals surface area contributed by atoms with Gasteiger partial charge in [-0.3, -0.25) is 43.5 Å². The summed E-state index contributed by atoms with van der Waals surface area (Å²) in [6.07, 6.45) is 0.988. The Bertz CT molecular complexity index is 4360. The number of thiazole rings is 3. The van der Waals surface area contributed by atoms with E-state index < -0.39 is 129 Å². The first-order valence-electron chi connectivity index (χ1n) is 27.4. The van der Waals surface area contributed by atoms with E-state index in [-0.39, 0.29) is 79.0 Å². The molecule has 48 heteroatoms. The van der Waals surface area contributed by atoms with E-state index in [1.807, 2.05) is 0 Å². The van der Waals surface area contributed by atoms with Gasteiger partial charge in [0.05, 0.1) is 0 Å². The van der Waals surface area contributed by atoms with Crippen molar-refractivity contribution in [3.63, 3.8) is 0 Å². The summed E-state index contributed by atoms with van der Waals surface area (Å²) in [7, 11) is 2.95. The van der Waals surface area contributed by atoms with Gasteiger partial charge in [-0.25, -0.2) is 43.6 Å². The van der Waals surface area contributed by atoms with Crippen LogP contribution in [-0.2, 0) is 74.3 Å². The topological polar surface area (TPSA) is 600 Å². The lowest BCUT2D eigenvalue weighted by molar-refractivity contribution is -0.151. The van der Waals surface area contributed by atoms with Crippen molar-refractivity contribution in [2.45, 2.75) is 45.5 Å². The number of oxime groups is 3. The van der Waals surface area contributed by atoms with Gasteiger partial charge in [0.2, 0.25) is 17.9 Å². The SMILES string of the molecule is C=CC1=C(C(=O)O)N2C(=O)[C@@H](NC(=O)/C(=N\OCC(=O)O)c3csc(N)n3)[C@H]2SC1.CO/N=C(\C(=O)N[C@@H]1C(=O)N2C(C(=O)O)=C(CSc3nnnn3C)CS[C@H]12)c1csc(N)n1.Cl.Nc1nc(/C(=N/OC(C(=O)O)c2ccc(O)c(O)c2)C(=O)N[C@@H]2C(=O)N3C(C(=O)O)=CCS[C@H]23)cs1. The van der Waals surface area contributed by atoms with Crippen molar-refractivity contribution in [2.24, 2.45) is 22.5 Å². The first-order valence-corrected chi connectivity index (χ1v) is 34.2. The number of carbonyl (C=O) groups is 11. The van der Waals surface area contributed by atoms with Crippen molar-refractivity contribution in [3.05, 3.63) is 104 Å². The largest absolute Gasteiger partial charge is 0.504 e. The van der Waals surface area contributed by atoms with E-state index in [1.165, 1.54) is 92.7 Å². The van der Waals surface area contributed by atoms with E-state index in [1.54, 1.807) is 12.4 Å². The number of nitrogens with two attached hydrogens (primary N) is 3. The molecule has 4 aromatic heterocycles. The maximum absolute atomic E-state index is 13.1. The van der Waals surface area contributed by atoms with Crippen LogP contribution in [0.3, 0.4) is 0 Å². The number of fused-ring (bicyclic) bond motifs is 3. The Morgan fingerprint density at radius 2 is 1.20 bits per heavy atom. The molecule has 0 aliphatic carbocycles. The monoisotopic (exact) mass is 1540 g/mol. The molecule has 11 rings (SSSR count). The Morgan fingerprint density at radius 3 is 1.65 bits per heavy atom. The Labute approximate surface area is 593 Å². The molecule has 10 heterocycles. The molecule has 40 nitrogen and oxygen atoms in total. The second-order valence-electron chi connectivity index (χ2n) is 20.0. The summed E-state index contributed by atoms with van der Waals surface area (Å²) < 4.78 is 1.47. The molecule has 0 spiro atoms. The number of aromatic nitrogens is 7. The van der Waals surface area contributed by atoms with Crippen LogP contribution < -0.4 is 33.2 Å². The van der Waals surface area contributed by atoms with Crippen LogP contribution in [0, 0.1) is 0 Å². The number of nitrogens with one attached hydrogen (secondary N) is 3. The third-order valence-corrected chi connectivity index (χ3v) is 20.8. The summed E-state index contributed by atoms with van der Waals surface area (Å²) in [6.45, 7) is 2.77. The zero-order valence-corrected chi connectivity index (χ0v) is 57.1. The number of phenols is 2. The zero-order chi connectivity index (χ0) is 71.8. The normalized spacial score (nSPS) is 20.2. The molecule has 6 aliphatic heterocycles. The van der Waals surface area contributed by atoms with Crippen molar-refractivity contribution in [2.75, 3.05) is 53.9 Å². The fourth-order valence-corrected chi connectivity index (χ4v) is 15.9. The molecular weight excluding hydrogens is 1490 g/mol. The number of benzene rings is 1. The number of hydrogen-bond acceptors (Lipinski definition) is 35. The molecule has 7 atom stereocenters. The van der Waals surface area contributed by atoms with E-state index in [2.05, 4.69) is 73.3 Å². The van der Waals surface area contributed by atoms with Gasteiger partial charge >= 0.3 is 29.8 Å². The van der Waals surface area contributed by atoms with E-state index >= 15 is 0 Å². The molecule has 0 bridgehead atoms. The number of carboxylic acid groups (broad SMARTS) is 5. The van der Waals surface area contributed by atoms with Gasteiger partial charge in [0, 0.05) is 51.8 Å². The molecule has 1 aromatic carbocycles. The fraction of sp³-hybridized carbons (Fsp3) is 0.269. The number of aryl methyl sites for hydroxylation is 1. The second-order valence-corrected chi connectivity index (χ2v) is 26.9. The number of thioether (sulfide) groups is 4. The number of β-lactam (4-membered cyclic amide) rings is 3. The first kappa shape index (κ1) is 75.2. The van der Waals surface area contributed by atoms with Crippen molar-refractivity contribution in [3.8, 4) is 11.5 Å². The third-order valence-electron chi connectivity index (χ3n) is 13.8. The Hall–Kier alpha value is -10.6. The number of anilines is 3. The maximum atomic E-state index is 13.1. The van der Waals surface area contributed by atoms with E-state index in [0.29, 0.717) is 39.3 Å². The van der Waals surface area contributed by atoms with Crippen LogP contribution >= 0.6 is 93.5 Å². The van der Waals surface area contributed by atoms with Crippen LogP contribution in [0.15, 0.2) is 102 Å². The quantitative estimate of drug-likeness (QED) is 0.0117. The number of carbonyl (C=O) groups excluding carboxylic acids is 6. The van der Waals surface area contributed by atoms with Gasteiger partial charge in [-0.2, -0.15) is 0 Å². The third kappa shape index (κ3) is 16.2. The van der Waals surface area contributed by atoms with Crippen molar-refractivity contribution < 1.29 is 103 Å². The van der Waals surface area contributed by atoms with E-state index in [9.17, 15) is 83.4 Å². The lowest BCUT2D eigenvalue weighted by atomic mass is 10.0. The number of phenolic OH excluding ortho intramolecular Hbond substituents is 2. The molecule has 16 N–H and O–H groups in total. The highest BCUT2D eigenvalue weighted by atomic mass is 35.5. The number of nitrogens with zero attached hydrogens (tertiary/aromatic N) is 13. The smallest absolute Gasteiger partial charge is 0.352 e. The molecule has 528 valence electrons. The van der Waals surface area contributed by atoms with Gasteiger partial charge in [0.15, 0.2) is 44.0 Å². The number of nitrogen functional groups attached to an aromatic ring is 3. The lowest BCUT2D eigenvalue weighted by Crippen LogP contribution is -2.71. The summed E-state index contributed by atoms with van der Waals surface area (Å²) >= 11 is 8.26. The van der Waals surface area contributed by atoms with Crippen molar-refractivity contribution >= 4 is 191 Å². The number of hydrogen-bond donors (Lipinski definition) is 13. The van der Waals surface area contributed by atoms with Gasteiger partial charge < -0.3 is 83.4 Å². The number of halogens is 1. The number of allylic oxidation sites excluding steroid dienone is 1. The van der Waals surface area contributed by atoms with Crippen LogP contribution in [0.25, 0.3) is 0 Å². The maximum Gasteiger partial charge on any atom is 0.352 e. The Morgan fingerprint density at radius 1 is 0.700 bits per heavy atom. The number of tetrazole rings is 1. The van der Waals surface area contributed by atoms with Crippen LogP contribution in [0.2, 0.25) is 0 Å². The van der Waals surface area contributed by atoms with Crippen molar-refractivity contribution in [1.82, 2.24) is 65.8 Å². The van der Waals surface area contributed by atoms with Crippen molar-refractivity contribution in [1.29, 1.82) is 0 Å². The van der Waals surface area contributed by atoms with Crippen LogP contribution in [0.1, 0.15) is 28.7 Å². The highest BCUT2D eigenvalue weighted by Gasteiger charge is 2.57. The lowest BCUT2D eigenvalue weighted by Gasteiger charge is -2.49. The summed E-state index contributed by atoms with van der Waals surface area (Å²) in [4.78, 5) is 164. The minimum atomic E-state index is -1.78. The predicted molar refractivity (Wildman–Crippen MR) is 358 cm³/mol. The molecule has 3 saturated heterocycles. The predicted octanol–water partition coefficient (Wildman–Crippen LogP) is -0.941. The summed E-state index contributed by atoms with van der Waals surface area (Å²) in [6, 6.07) is 0.184. The standard InChI is InChI=1S/C20H17N5O9S2.C16H17N9O5S3.C16H15N5O7S2.ClH/c21-20-22-8(6-36-20)12(24-34-14(19(32)33)7-1-2-10(26)11(27)5-7)15(28)23-13-16(29)25-9(18(30)31)3-4-35-17(13)25;1-24-16(20-22-23-24)33-4-6-3-31-13-9(12(27)25(13)10(6)14(28)29)19-11(26)8(21-30-2)7-5-32-15(17)18-7;1-2-6-4-29-14-10(13(25)21(14)11(6)15(26)27)19-12(24)9(20-28-3-8(22)23)7-5-30-16(17)18-7;/h1-3,5-6,13-14,17,26-27H,4H2,(H2,21,22)(H,23,28)(H,30,31)(H,32,33);5,9,13H,3-4H2,1-2H3,(H2,17,18)(H,19,26)(H,28,29);2,5,10,14H,1,3-4H2,(H2,17,18)(H,19,24)(H,22,23)(H,26,27);1H/b24-12-;21-8-;20-9-;/t13-,14?,17-;9-,13-;10-,14-;/m111./s1. The zero-order valence-electron chi connectivity index (χ0n) is 50.6. The number of amides is 6. The number of aromatic hydroxyl groups is 2. The number of aliphatic carboxylic acids is 5. The van der Waals surface area contributed by atoms with Crippen LogP contribution in [0.5, 0.6) is 11.5 Å². The van der Waals surface area contributed by atoms with Gasteiger partial charge in [0.25, 0.3) is 35.4 Å².